The molecule has 1 N–H and O–H groups in total. The van der Waals surface area contributed by atoms with Crippen LogP contribution in [0.5, 0.6) is 5.75 Å². The summed E-state index contributed by atoms with van der Waals surface area (Å²) in [6.07, 6.45) is 4.79. The van der Waals surface area contributed by atoms with Gasteiger partial charge < -0.3 is 15.0 Å². The molecule has 1 aromatic rings. The van der Waals surface area contributed by atoms with Gasteiger partial charge >= 0.3 is 0 Å². The molecule has 0 saturated carbocycles. The molecule has 1 aromatic carbocycles. The zero-order valence-corrected chi connectivity index (χ0v) is 15.0. The Hall–Kier alpha value is -1.22. The van der Waals surface area contributed by atoms with Crippen LogP contribution in [-0.2, 0) is 6.54 Å². The molecular weight excluding hydrogens is 272 g/mol. The highest BCUT2D eigenvalue weighted by Crippen LogP contribution is 2.30. The van der Waals surface area contributed by atoms with E-state index in [4.69, 9.17) is 4.74 Å². The standard InChI is InChI=1S/C19H34N2O/c1-5-9-12-20-16-17-10-11-18(19(15-17)22-8-4)21(13-6-2)14-7-3/h10-11,15,20H,5-9,12-14,16H2,1-4H3. The van der Waals surface area contributed by atoms with Crippen LogP contribution in [0.15, 0.2) is 18.2 Å². The van der Waals surface area contributed by atoms with Gasteiger partial charge in [-0.15, -0.1) is 0 Å². The topological polar surface area (TPSA) is 24.5 Å². The molecule has 0 heterocycles. The van der Waals surface area contributed by atoms with Crippen molar-refractivity contribution in [3.63, 3.8) is 0 Å². The van der Waals surface area contributed by atoms with E-state index in [1.807, 2.05) is 0 Å². The van der Waals surface area contributed by atoms with E-state index in [-0.39, 0.29) is 0 Å². The van der Waals surface area contributed by atoms with Crippen LogP contribution in [0, 0.1) is 0 Å². The van der Waals surface area contributed by atoms with Crippen molar-refractivity contribution in [3.8, 4) is 5.75 Å². The Balaban J connectivity index is 2.83. The number of rotatable bonds is 12. The Kier molecular flexibility index (Phi) is 9.72. The maximum Gasteiger partial charge on any atom is 0.142 e. The van der Waals surface area contributed by atoms with Gasteiger partial charge in [-0.05, 0) is 50.4 Å². The first-order valence-electron chi connectivity index (χ1n) is 8.98. The maximum atomic E-state index is 5.91. The third-order valence-electron chi connectivity index (χ3n) is 3.69. The lowest BCUT2D eigenvalue weighted by atomic mass is 10.1. The molecule has 3 nitrogen and oxygen atoms in total. The van der Waals surface area contributed by atoms with E-state index in [0.717, 1.165) is 44.8 Å². The average Bonchev–Trinajstić information content (AvgIpc) is 2.52. The molecule has 0 aliphatic rings. The van der Waals surface area contributed by atoms with E-state index in [0.29, 0.717) is 6.61 Å². The Morgan fingerprint density at radius 2 is 1.73 bits per heavy atom. The van der Waals surface area contributed by atoms with Gasteiger partial charge in [-0.3, -0.25) is 0 Å². The van der Waals surface area contributed by atoms with E-state index in [1.165, 1.54) is 24.1 Å². The highest BCUT2D eigenvalue weighted by molar-refractivity contribution is 5.60. The van der Waals surface area contributed by atoms with Gasteiger partial charge in [-0.1, -0.05) is 33.3 Å². The van der Waals surface area contributed by atoms with Gasteiger partial charge in [0.1, 0.15) is 5.75 Å². The molecule has 0 aliphatic carbocycles. The molecule has 22 heavy (non-hydrogen) atoms. The van der Waals surface area contributed by atoms with Crippen LogP contribution in [0.25, 0.3) is 0 Å². The molecule has 0 atom stereocenters. The number of nitrogens with zero attached hydrogens (tertiary/aromatic N) is 1. The van der Waals surface area contributed by atoms with Gasteiger partial charge in [0.15, 0.2) is 0 Å². The van der Waals surface area contributed by atoms with Crippen molar-refractivity contribution in [2.75, 3.05) is 31.1 Å². The minimum absolute atomic E-state index is 0.714. The van der Waals surface area contributed by atoms with E-state index in [9.17, 15) is 0 Å². The first-order valence-corrected chi connectivity index (χ1v) is 8.98. The average molecular weight is 306 g/mol. The summed E-state index contributed by atoms with van der Waals surface area (Å²) >= 11 is 0. The third kappa shape index (κ3) is 6.27. The van der Waals surface area contributed by atoms with Crippen LogP contribution in [0.1, 0.15) is 58.9 Å². The summed E-state index contributed by atoms with van der Waals surface area (Å²) in [5.41, 5.74) is 2.54. The Bertz CT molecular complexity index is 400. The zero-order chi connectivity index (χ0) is 16.2. The second-order valence-corrected chi connectivity index (χ2v) is 5.75. The first-order chi connectivity index (χ1) is 10.8. The minimum atomic E-state index is 0.714. The third-order valence-corrected chi connectivity index (χ3v) is 3.69. The number of anilines is 1. The molecule has 0 saturated heterocycles. The zero-order valence-electron chi connectivity index (χ0n) is 15.0. The van der Waals surface area contributed by atoms with Crippen LogP contribution in [-0.4, -0.2) is 26.2 Å². The number of benzene rings is 1. The molecular formula is C19H34N2O. The van der Waals surface area contributed by atoms with E-state index < -0.39 is 0 Å². The Morgan fingerprint density at radius 3 is 2.32 bits per heavy atom. The molecule has 0 fully saturated rings. The van der Waals surface area contributed by atoms with Crippen molar-refractivity contribution in [2.45, 2.75) is 59.9 Å². The van der Waals surface area contributed by atoms with Gasteiger partial charge in [-0.25, -0.2) is 0 Å². The quantitative estimate of drug-likeness (QED) is 0.571. The number of hydrogen-bond donors (Lipinski definition) is 1. The second-order valence-electron chi connectivity index (χ2n) is 5.75. The molecule has 0 aliphatic heterocycles. The van der Waals surface area contributed by atoms with Crippen molar-refractivity contribution in [3.05, 3.63) is 23.8 Å². The van der Waals surface area contributed by atoms with Gasteiger partial charge in [-0.2, -0.15) is 0 Å². The first kappa shape index (κ1) is 18.8. The Morgan fingerprint density at radius 1 is 1.00 bits per heavy atom. The highest BCUT2D eigenvalue weighted by atomic mass is 16.5. The Labute approximate surface area is 137 Å². The van der Waals surface area contributed by atoms with E-state index in [1.54, 1.807) is 0 Å². The molecule has 3 heteroatoms. The smallest absolute Gasteiger partial charge is 0.142 e. The normalized spacial score (nSPS) is 10.7. The summed E-state index contributed by atoms with van der Waals surface area (Å²) in [5.74, 6) is 1.03. The number of ether oxygens (including phenoxy) is 1. The molecule has 0 unspecified atom stereocenters. The van der Waals surface area contributed by atoms with Gasteiger partial charge in [0.05, 0.1) is 12.3 Å². The number of unbranched alkanes of at least 4 members (excludes halogenated alkanes) is 1. The lowest BCUT2D eigenvalue weighted by Crippen LogP contribution is -2.25. The maximum absolute atomic E-state index is 5.91. The largest absolute Gasteiger partial charge is 0.492 e. The summed E-state index contributed by atoms with van der Waals surface area (Å²) in [7, 11) is 0. The predicted molar refractivity (Wildman–Crippen MR) is 97.0 cm³/mol. The van der Waals surface area contributed by atoms with Crippen molar-refractivity contribution < 1.29 is 4.74 Å². The summed E-state index contributed by atoms with van der Waals surface area (Å²) < 4.78 is 5.91. The summed E-state index contributed by atoms with van der Waals surface area (Å²) in [4.78, 5) is 2.44. The van der Waals surface area contributed by atoms with Crippen LogP contribution < -0.4 is 15.0 Å². The SMILES string of the molecule is CCCCNCc1ccc(N(CCC)CCC)c(OCC)c1. The molecule has 0 bridgehead atoms. The van der Waals surface area contributed by atoms with Crippen LogP contribution in [0.3, 0.4) is 0 Å². The fourth-order valence-electron chi connectivity index (χ4n) is 2.63. The van der Waals surface area contributed by atoms with Crippen LogP contribution >= 0.6 is 0 Å². The molecule has 0 radical (unpaired) electrons. The van der Waals surface area contributed by atoms with Gasteiger partial charge in [0.2, 0.25) is 0 Å². The molecule has 0 amide bonds. The van der Waals surface area contributed by atoms with Crippen molar-refractivity contribution >= 4 is 5.69 Å². The second kappa shape index (κ2) is 11.4. The lowest BCUT2D eigenvalue weighted by Gasteiger charge is -2.26. The molecule has 1 rings (SSSR count). The summed E-state index contributed by atoms with van der Waals surface area (Å²) in [6.45, 7) is 13.6. The molecule has 126 valence electrons. The fraction of sp³-hybridized carbons (Fsp3) is 0.684. The van der Waals surface area contributed by atoms with E-state index in [2.05, 4.69) is 56.1 Å². The summed E-state index contributed by atoms with van der Waals surface area (Å²) in [6, 6.07) is 6.67. The monoisotopic (exact) mass is 306 g/mol. The number of nitrogens with one attached hydrogen (secondary N) is 1. The predicted octanol–water partition coefficient (Wildman–Crippen LogP) is 4.60. The lowest BCUT2D eigenvalue weighted by molar-refractivity contribution is 0.340. The number of hydrogen-bond acceptors (Lipinski definition) is 3. The van der Waals surface area contributed by atoms with Crippen LogP contribution in [0.4, 0.5) is 5.69 Å². The van der Waals surface area contributed by atoms with Crippen molar-refractivity contribution in [1.82, 2.24) is 5.32 Å². The summed E-state index contributed by atoms with van der Waals surface area (Å²) in [5, 5.41) is 3.50. The fourth-order valence-corrected chi connectivity index (χ4v) is 2.63. The van der Waals surface area contributed by atoms with Gasteiger partial charge in [0, 0.05) is 19.6 Å². The minimum Gasteiger partial charge on any atom is -0.492 e. The molecule has 0 aromatic heterocycles. The highest BCUT2D eigenvalue weighted by Gasteiger charge is 2.12. The van der Waals surface area contributed by atoms with Crippen LogP contribution in [0.2, 0.25) is 0 Å². The van der Waals surface area contributed by atoms with E-state index >= 15 is 0 Å². The van der Waals surface area contributed by atoms with Crippen molar-refractivity contribution in [1.29, 1.82) is 0 Å². The van der Waals surface area contributed by atoms with Crippen molar-refractivity contribution in [2.24, 2.45) is 0 Å². The van der Waals surface area contributed by atoms with Gasteiger partial charge in [0.25, 0.3) is 0 Å². The molecule has 0 spiro atoms.